The van der Waals surface area contributed by atoms with Gasteiger partial charge in [-0.3, -0.25) is 19.7 Å². The molecule has 148 valence electrons. The first kappa shape index (κ1) is 22.2. The molecule has 0 amide bonds. The summed E-state index contributed by atoms with van der Waals surface area (Å²) in [5.41, 5.74) is -3.93. The molecule has 27 heavy (non-hydrogen) atoms. The van der Waals surface area contributed by atoms with Crippen LogP contribution in [0.4, 0.5) is 18.9 Å². The molecule has 0 heterocycles. The Morgan fingerprint density at radius 3 is 2.30 bits per heavy atom. The zero-order valence-corrected chi connectivity index (χ0v) is 14.9. The van der Waals surface area contributed by atoms with Gasteiger partial charge in [0.25, 0.3) is 0 Å². The SMILES string of the molecule is CCCOC(=O)C(CN=NCC)C(=O)c1c(F)c(C)c(F)c(F)c1[N+](=O)[O-]. The van der Waals surface area contributed by atoms with Crippen molar-refractivity contribution in [1.82, 2.24) is 0 Å². The van der Waals surface area contributed by atoms with Crippen molar-refractivity contribution >= 4 is 17.4 Å². The van der Waals surface area contributed by atoms with Crippen LogP contribution in [-0.2, 0) is 9.53 Å². The second kappa shape index (κ2) is 9.74. The summed E-state index contributed by atoms with van der Waals surface area (Å²) in [5, 5.41) is 18.3. The maximum atomic E-state index is 14.4. The van der Waals surface area contributed by atoms with E-state index >= 15 is 0 Å². The summed E-state index contributed by atoms with van der Waals surface area (Å²) in [4.78, 5) is 34.5. The Kier molecular flexibility index (Phi) is 8.00. The average Bonchev–Trinajstić information content (AvgIpc) is 2.63. The minimum absolute atomic E-state index is 0.0606. The number of carbonyl (C=O) groups is 2. The third-order valence-corrected chi connectivity index (χ3v) is 3.50. The van der Waals surface area contributed by atoms with Crippen molar-refractivity contribution in [3.05, 3.63) is 38.7 Å². The van der Waals surface area contributed by atoms with Crippen LogP contribution in [0.1, 0.15) is 36.2 Å². The van der Waals surface area contributed by atoms with Gasteiger partial charge in [0, 0.05) is 5.56 Å². The molecule has 11 heteroatoms. The van der Waals surface area contributed by atoms with Crippen LogP contribution in [0.3, 0.4) is 0 Å². The number of hydrogen-bond donors (Lipinski definition) is 0. The van der Waals surface area contributed by atoms with Gasteiger partial charge in [-0.1, -0.05) is 6.92 Å². The van der Waals surface area contributed by atoms with Gasteiger partial charge in [-0.15, -0.1) is 0 Å². The molecule has 0 saturated carbocycles. The summed E-state index contributed by atoms with van der Waals surface area (Å²) in [5.74, 6) is -9.73. The molecular weight excluding hydrogens is 371 g/mol. The topological polar surface area (TPSA) is 111 Å². The summed E-state index contributed by atoms with van der Waals surface area (Å²) >= 11 is 0. The van der Waals surface area contributed by atoms with E-state index in [1.54, 1.807) is 13.8 Å². The van der Waals surface area contributed by atoms with Crippen LogP contribution in [0.5, 0.6) is 0 Å². The molecule has 0 aliphatic carbocycles. The van der Waals surface area contributed by atoms with Gasteiger partial charge in [0.05, 0.1) is 24.6 Å². The lowest BCUT2D eigenvalue weighted by Crippen LogP contribution is -2.31. The van der Waals surface area contributed by atoms with Crippen molar-refractivity contribution in [3.8, 4) is 0 Å². The first-order chi connectivity index (χ1) is 12.7. The number of nitrogens with zero attached hydrogens (tertiary/aromatic N) is 3. The number of benzene rings is 1. The smallest absolute Gasteiger partial charge is 0.321 e. The van der Waals surface area contributed by atoms with Crippen LogP contribution in [0.15, 0.2) is 10.2 Å². The summed E-state index contributed by atoms with van der Waals surface area (Å²) in [6.45, 7) is 3.71. The lowest BCUT2D eigenvalue weighted by Gasteiger charge is -2.14. The van der Waals surface area contributed by atoms with Gasteiger partial charge in [0.1, 0.15) is 17.3 Å². The molecule has 0 saturated heterocycles. The number of hydrogen-bond acceptors (Lipinski definition) is 7. The molecule has 0 aromatic heterocycles. The molecular formula is C16H18F3N3O5. The van der Waals surface area contributed by atoms with E-state index in [1.165, 1.54) is 0 Å². The summed E-state index contributed by atoms with van der Waals surface area (Å²) in [7, 11) is 0. The molecule has 0 aliphatic rings. The number of halogens is 3. The maximum absolute atomic E-state index is 14.4. The molecule has 0 radical (unpaired) electrons. The van der Waals surface area contributed by atoms with E-state index in [0.717, 1.165) is 6.92 Å². The summed E-state index contributed by atoms with van der Waals surface area (Å²) < 4.78 is 46.9. The average molecular weight is 389 g/mol. The molecule has 0 spiro atoms. The first-order valence-electron chi connectivity index (χ1n) is 8.04. The Morgan fingerprint density at radius 2 is 1.78 bits per heavy atom. The monoisotopic (exact) mass is 389 g/mol. The lowest BCUT2D eigenvalue weighted by atomic mass is 9.94. The van der Waals surface area contributed by atoms with E-state index in [0.29, 0.717) is 6.42 Å². The molecule has 1 aromatic carbocycles. The normalized spacial score (nSPS) is 12.2. The van der Waals surface area contributed by atoms with Crippen LogP contribution in [-0.4, -0.2) is 36.4 Å². The van der Waals surface area contributed by atoms with Gasteiger partial charge in [0.15, 0.2) is 11.6 Å². The van der Waals surface area contributed by atoms with Crippen molar-refractivity contribution in [2.24, 2.45) is 16.1 Å². The van der Waals surface area contributed by atoms with Crippen molar-refractivity contribution in [2.75, 3.05) is 19.7 Å². The third kappa shape index (κ3) is 4.86. The van der Waals surface area contributed by atoms with Crippen LogP contribution in [0, 0.1) is 40.4 Å². The Bertz CT molecular complexity index is 783. The molecule has 1 unspecified atom stereocenters. The van der Waals surface area contributed by atoms with Gasteiger partial charge >= 0.3 is 11.7 Å². The molecule has 1 aromatic rings. The highest BCUT2D eigenvalue weighted by Gasteiger charge is 2.40. The molecule has 0 bridgehead atoms. The van der Waals surface area contributed by atoms with Gasteiger partial charge in [-0.25, -0.2) is 8.78 Å². The van der Waals surface area contributed by atoms with E-state index < -0.39 is 63.4 Å². The van der Waals surface area contributed by atoms with Crippen LogP contribution in [0.25, 0.3) is 0 Å². The zero-order valence-electron chi connectivity index (χ0n) is 14.9. The highest BCUT2D eigenvalue weighted by Crippen LogP contribution is 2.32. The lowest BCUT2D eigenvalue weighted by molar-refractivity contribution is -0.388. The second-order valence-electron chi connectivity index (χ2n) is 5.41. The maximum Gasteiger partial charge on any atom is 0.321 e. The Labute approximate surface area is 152 Å². The quantitative estimate of drug-likeness (QED) is 0.122. The minimum atomic E-state index is -1.99. The standard InChI is InChI=1S/C16H18F3N3O5/c1-4-6-27-16(24)9(7-21-20-5-2)15(23)10-11(17)8(3)12(18)13(19)14(10)22(25)26/h9H,4-7H2,1-3H3. The van der Waals surface area contributed by atoms with E-state index in [9.17, 15) is 32.9 Å². The number of esters is 1. The molecule has 1 atom stereocenters. The van der Waals surface area contributed by atoms with E-state index in [1.807, 2.05) is 0 Å². The fourth-order valence-electron chi connectivity index (χ4n) is 2.14. The number of nitro benzene ring substituents is 1. The first-order valence-corrected chi connectivity index (χ1v) is 8.04. The number of rotatable bonds is 9. The molecule has 0 N–H and O–H groups in total. The predicted octanol–water partition coefficient (Wildman–Crippen LogP) is 3.54. The molecule has 0 fully saturated rings. The molecule has 0 aliphatic heterocycles. The van der Waals surface area contributed by atoms with Crippen molar-refractivity contribution < 1.29 is 32.4 Å². The van der Waals surface area contributed by atoms with E-state index in [2.05, 4.69) is 10.2 Å². The van der Waals surface area contributed by atoms with Crippen molar-refractivity contribution in [3.63, 3.8) is 0 Å². The Balaban J connectivity index is 3.54. The highest BCUT2D eigenvalue weighted by molar-refractivity contribution is 6.11. The fraction of sp³-hybridized carbons (Fsp3) is 0.500. The molecule has 8 nitrogen and oxygen atoms in total. The largest absolute Gasteiger partial charge is 0.465 e. The Hall–Kier alpha value is -2.85. The third-order valence-electron chi connectivity index (χ3n) is 3.50. The number of ketones is 1. The fourth-order valence-corrected chi connectivity index (χ4v) is 2.14. The Morgan fingerprint density at radius 1 is 1.15 bits per heavy atom. The van der Waals surface area contributed by atoms with Crippen LogP contribution < -0.4 is 0 Å². The van der Waals surface area contributed by atoms with Crippen molar-refractivity contribution in [1.29, 1.82) is 0 Å². The number of azo groups is 1. The van der Waals surface area contributed by atoms with E-state index in [4.69, 9.17) is 4.74 Å². The zero-order chi connectivity index (χ0) is 20.7. The van der Waals surface area contributed by atoms with Gasteiger partial charge in [-0.2, -0.15) is 14.6 Å². The minimum Gasteiger partial charge on any atom is -0.465 e. The predicted molar refractivity (Wildman–Crippen MR) is 87.0 cm³/mol. The number of Topliss-reactive ketones (excluding diaryl/α,β-unsaturated/α-hetero) is 1. The second-order valence-corrected chi connectivity index (χ2v) is 5.41. The highest BCUT2D eigenvalue weighted by atomic mass is 19.2. The number of carbonyl (C=O) groups excluding carboxylic acids is 2. The van der Waals surface area contributed by atoms with E-state index in [-0.39, 0.29) is 13.2 Å². The van der Waals surface area contributed by atoms with Gasteiger partial charge in [0.2, 0.25) is 5.82 Å². The van der Waals surface area contributed by atoms with Crippen molar-refractivity contribution in [2.45, 2.75) is 27.2 Å². The van der Waals surface area contributed by atoms with Crippen LogP contribution >= 0.6 is 0 Å². The summed E-state index contributed by atoms with van der Waals surface area (Å²) in [6.07, 6.45) is 0.419. The van der Waals surface area contributed by atoms with Gasteiger partial charge < -0.3 is 4.74 Å². The van der Waals surface area contributed by atoms with Crippen LogP contribution in [0.2, 0.25) is 0 Å². The van der Waals surface area contributed by atoms with Gasteiger partial charge in [-0.05, 0) is 20.3 Å². The summed E-state index contributed by atoms with van der Waals surface area (Å²) in [6, 6.07) is 0. The number of ether oxygens (including phenoxy) is 1. The molecule has 1 rings (SSSR count). The number of nitro groups is 1.